The summed E-state index contributed by atoms with van der Waals surface area (Å²) < 4.78 is 16.2. The van der Waals surface area contributed by atoms with Crippen LogP contribution in [0.4, 0.5) is 0 Å². The highest BCUT2D eigenvalue weighted by molar-refractivity contribution is 5.92. The summed E-state index contributed by atoms with van der Waals surface area (Å²) in [6.45, 7) is 0.0733. The van der Waals surface area contributed by atoms with Crippen LogP contribution in [0, 0.1) is 0 Å². The molecule has 1 aromatic rings. The third-order valence-corrected chi connectivity index (χ3v) is 3.90. The Morgan fingerprint density at radius 3 is 2.62 bits per heavy atom. The van der Waals surface area contributed by atoms with Crippen LogP contribution in [0.5, 0.6) is 17.2 Å². The molecule has 2 aliphatic rings. The third-order valence-electron chi connectivity index (χ3n) is 3.90. The van der Waals surface area contributed by atoms with E-state index < -0.39 is 12.1 Å². The number of rotatable bonds is 3. The highest BCUT2D eigenvalue weighted by atomic mass is 16.7. The maximum Gasteiger partial charge on any atom is 0.339 e. The van der Waals surface area contributed by atoms with Crippen molar-refractivity contribution in [3.63, 3.8) is 0 Å². The Labute approximate surface area is 122 Å². The number of aromatic carboxylic acids is 1. The minimum atomic E-state index is -1.09. The maximum atomic E-state index is 11.4. The second-order valence-electron chi connectivity index (χ2n) is 5.37. The second-order valence-corrected chi connectivity index (χ2v) is 5.37. The zero-order chi connectivity index (χ0) is 14.8. The van der Waals surface area contributed by atoms with Crippen LogP contribution in [0.2, 0.25) is 0 Å². The molecule has 0 aromatic heterocycles. The number of fused-ring (bicyclic) bond motifs is 1. The topological polar surface area (TPSA) is 85.2 Å². The third kappa shape index (κ3) is 2.90. The SMILES string of the molecule is O=C(O)c1cc2c(cc1OC1CCCCCC1O)OCO2. The molecule has 0 radical (unpaired) electrons. The van der Waals surface area contributed by atoms with E-state index in [1.807, 2.05) is 0 Å². The van der Waals surface area contributed by atoms with Crippen LogP contribution in [-0.4, -0.2) is 35.2 Å². The number of hydrogen-bond donors (Lipinski definition) is 2. The molecule has 2 N–H and O–H groups in total. The largest absolute Gasteiger partial charge is 0.487 e. The van der Waals surface area contributed by atoms with E-state index in [0.29, 0.717) is 24.3 Å². The summed E-state index contributed by atoms with van der Waals surface area (Å²) >= 11 is 0. The molecule has 0 bridgehead atoms. The number of carbonyl (C=O) groups is 1. The van der Waals surface area contributed by atoms with E-state index in [1.165, 1.54) is 12.1 Å². The van der Waals surface area contributed by atoms with Crippen LogP contribution >= 0.6 is 0 Å². The Morgan fingerprint density at radius 2 is 1.86 bits per heavy atom. The van der Waals surface area contributed by atoms with E-state index in [1.54, 1.807) is 0 Å². The van der Waals surface area contributed by atoms with Crippen LogP contribution in [0.3, 0.4) is 0 Å². The lowest BCUT2D eigenvalue weighted by molar-refractivity contribution is 0.0304. The van der Waals surface area contributed by atoms with Gasteiger partial charge in [0.2, 0.25) is 6.79 Å². The molecule has 1 saturated carbocycles. The van der Waals surface area contributed by atoms with Crippen molar-refractivity contribution < 1.29 is 29.2 Å². The van der Waals surface area contributed by atoms with Crippen molar-refractivity contribution in [3.8, 4) is 17.2 Å². The second kappa shape index (κ2) is 5.81. The molecule has 2 atom stereocenters. The molecule has 21 heavy (non-hydrogen) atoms. The predicted octanol–water partition coefficient (Wildman–Crippen LogP) is 2.19. The molecule has 0 spiro atoms. The molecule has 1 fully saturated rings. The van der Waals surface area contributed by atoms with E-state index in [9.17, 15) is 15.0 Å². The van der Waals surface area contributed by atoms with Gasteiger partial charge in [-0.05, 0) is 19.3 Å². The maximum absolute atomic E-state index is 11.4. The van der Waals surface area contributed by atoms with Gasteiger partial charge >= 0.3 is 5.97 Å². The van der Waals surface area contributed by atoms with Crippen molar-refractivity contribution in [3.05, 3.63) is 17.7 Å². The summed E-state index contributed by atoms with van der Waals surface area (Å²) in [7, 11) is 0. The first-order valence-electron chi connectivity index (χ1n) is 7.17. The van der Waals surface area contributed by atoms with Gasteiger partial charge in [0.15, 0.2) is 11.5 Å². The van der Waals surface area contributed by atoms with Gasteiger partial charge in [0.25, 0.3) is 0 Å². The monoisotopic (exact) mass is 294 g/mol. The molecule has 0 amide bonds. The number of aliphatic hydroxyl groups is 1. The first-order chi connectivity index (χ1) is 10.1. The van der Waals surface area contributed by atoms with Gasteiger partial charge in [0.05, 0.1) is 6.10 Å². The first kappa shape index (κ1) is 14.0. The van der Waals surface area contributed by atoms with Crippen LogP contribution in [0.25, 0.3) is 0 Å². The average molecular weight is 294 g/mol. The average Bonchev–Trinajstić information content (AvgIpc) is 2.82. The van der Waals surface area contributed by atoms with Crippen molar-refractivity contribution >= 4 is 5.97 Å². The van der Waals surface area contributed by atoms with Gasteiger partial charge in [-0.2, -0.15) is 0 Å². The number of benzene rings is 1. The fourth-order valence-electron chi connectivity index (χ4n) is 2.74. The summed E-state index contributed by atoms with van der Waals surface area (Å²) in [6.07, 6.45) is 3.43. The molecule has 6 heteroatoms. The molecule has 114 valence electrons. The highest BCUT2D eigenvalue weighted by Crippen LogP contribution is 2.39. The molecule has 1 aromatic carbocycles. The fourth-order valence-corrected chi connectivity index (χ4v) is 2.74. The minimum Gasteiger partial charge on any atom is -0.487 e. The lowest BCUT2D eigenvalue weighted by Gasteiger charge is -2.23. The molecule has 1 aliphatic heterocycles. The normalized spacial score (nSPS) is 24.4. The van der Waals surface area contributed by atoms with E-state index in [4.69, 9.17) is 14.2 Å². The Kier molecular flexibility index (Phi) is 3.88. The number of ether oxygens (including phenoxy) is 3. The molecular weight excluding hydrogens is 276 g/mol. The Hall–Kier alpha value is -1.95. The van der Waals surface area contributed by atoms with Gasteiger partial charge in [-0.3, -0.25) is 0 Å². The van der Waals surface area contributed by atoms with Crippen molar-refractivity contribution in [2.75, 3.05) is 6.79 Å². The zero-order valence-electron chi connectivity index (χ0n) is 11.6. The standard InChI is InChI=1S/C15H18O6/c16-10-4-2-1-3-5-11(10)21-12-7-14-13(19-8-20-14)6-9(12)15(17)18/h6-7,10-11,16H,1-5,8H2,(H,17,18). The van der Waals surface area contributed by atoms with Crippen LogP contribution < -0.4 is 14.2 Å². The first-order valence-corrected chi connectivity index (χ1v) is 7.17. The van der Waals surface area contributed by atoms with Crippen molar-refractivity contribution in [2.24, 2.45) is 0 Å². The van der Waals surface area contributed by atoms with Gasteiger partial charge in [-0.15, -0.1) is 0 Å². The summed E-state index contributed by atoms with van der Waals surface area (Å²) in [5.74, 6) is 0.00314. The van der Waals surface area contributed by atoms with Crippen molar-refractivity contribution in [1.29, 1.82) is 0 Å². The lowest BCUT2D eigenvalue weighted by atomic mass is 10.1. The molecule has 1 aliphatic carbocycles. The summed E-state index contributed by atoms with van der Waals surface area (Å²) in [5.41, 5.74) is 0.0238. The minimum absolute atomic E-state index is 0.0238. The fraction of sp³-hybridized carbons (Fsp3) is 0.533. The van der Waals surface area contributed by atoms with Gasteiger partial charge in [-0.25, -0.2) is 4.79 Å². The number of carboxylic acid groups (broad SMARTS) is 1. The molecule has 6 nitrogen and oxygen atoms in total. The predicted molar refractivity (Wildman–Crippen MR) is 73.0 cm³/mol. The highest BCUT2D eigenvalue weighted by Gasteiger charge is 2.27. The molecular formula is C15H18O6. The van der Waals surface area contributed by atoms with Crippen LogP contribution in [-0.2, 0) is 0 Å². The zero-order valence-corrected chi connectivity index (χ0v) is 11.6. The van der Waals surface area contributed by atoms with E-state index in [2.05, 4.69) is 0 Å². The Balaban J connectivity index is 1.88. The molecule has 1 heterocycles. The Morgan fingerprint density at radius 1 is 1.14 bits per heavy atom. The van der Waals surface area contributed by atoms with Crippen molar-refractivity contribution in [2.45, 2.75) is 44.3 Å². The van der Waals surface area contributed by atoms with Gasteiger partial charge < -0.3 is 24.4 Å². The molecule has 0 saturated heterocycles. The van der Waals surface area contributed by atoms with Crippen LogP contribution in [0.15, 0.2) is 12.1 Å². The van der Waals surface area contributed by atoms with Gasteiger partial charge in [-0.1, -0.05) is 12.8 Å². The summed E-state index contributed by atoms with van der Waals surface area (Å²) in [5, 5.41) is 19.4. The molecule has 2 unspecified atom stereocenters. The van der Waals surface area contributed by atoms with Gasteiger partial charge in [0.1, 0.15) is 17.4 Å². The number of aliphatic hydroxyl groups excluding tert-OH is 1. The summed E-state index contributed by atoms with van der Waals surface area (Å²) in [6, 6.07) is 2.94. The van der Waals surface area contributed by atoms with Gasteiger partial charge in [0, 0.05) is 12.1 Å². The molecule has 3 rings (SSSR count). The van der Waals surface area contributed by atoms with E-state index in [0.717, 1.165) is 19.3 Å². The van der Waals surface area contributed by atoms with Crippen LogP contribution in [0.1, 0.15) is 42.5 Å². The number of carboxylic acids is 1. The van der Waals surface area contributed by atoms with Crippen molar-refractivity contribution in [1.82, 2.24) is 0 Å². The van der Waals surface area contributed by atoms with E-state index >= 15 is 0 Å². The summed E-state index contributed by atoms with van der Waals surface area (Å²) in [4.78, 5) is 11.4. The van der Waals surface area contributed by atoms with E-state index in [-0.39, 0.29) is 24.2 Å². The Bertz CT molecular complexity index is 541. The number of hydrogen-bond acceptors (Lipinski definition) is 5. The smallest absolute Gasteiger partial charge is 0.339 e. The quantitative estimate of drug-likeness (QED) is 0.831. The lowest BCUT2D eigenvalue weighted by Crippen LogP contribution is -2.31.